The van der Waals surface area contributed by atoms with E-state index in [0.717, 1.165) is 35.5 Å². The van der Waals surface area contributed by atoms with Crippen molar-refractivity contribution in [1.29, 1.82) is 0 Å². The van der Waals surface area contributed by atoms with Crippen molar-refractivity contribution in [3.63, 3.8) is 0 Å². The van der Waals surface area contributed by atoms with E-state index < -0.39 is 12.0 Å². The number of carbonyl (C=O) groups is 1. The Kier molecular flexibility index (Phi) is 5.22. The van der Waals surface area contributed by atoms with Crippen LogP contribution in [-0.4, -0.2) is 33.5 Å². The van der Waals surface area contributed by atoms with E-state index >= 15 is 0 Å². The molecule has 1 fully saturated rings. The van der Waals surface area contributed by atoms with Crippen LogP contribution in [0.2, 0.25) is 0 Å². The summed E-state index contributed by atoms with van der Waals surface area (Å²) < 4.78 is 0. The summed E-state index contributed by atoms with van der Waals surface area (Å²) in [4.78, 5) is 18.6. The summed E-state index contributed by atoms with van der Waals surface area (Å²) in [5.74, 6) is -0.754. The Labute approximate surface area is 165 Å². The Bertz CT molecular complexity index is 954. The second-order valence-corrected chi connectivity index (χ2v) is 7.33. The topological polar surface area (TPSA) is 53.4 Å². The van der Waals surface area contributed by atoms with Gasteiger partial charge in [-0.05, 0) is 48.6 Å². The maximum Gasteiger partial charge on any atom is 0.320 e. The van der Waals surface area contributed by atoms with Gasteiger partial charge in [-0.15, -0.1) is 0 Å². The molecule has 0 saturated carbocycles. The van der Waals surface area contributed by atoms with Gasteiger partial charge in [0.1, 0.15) is 6.04 Å². The van der Waals surface area contributed by atoms with Crippen molar-refractivity contribution in [3.05, 3.63) is 89.7 Å². The summed E-state index contributed by atoms with van der Waals surface area (Å²) in [7, 11) is 0. The summed E-state index contributed by atoms with van der Waals surface area (Å²) in [6.07, 6.45) is 1.57. The molecule has 2 aromatic carbocycles. The number of rotatable bonds is 5. The van der Waals surface area contributed by atoms with Crippen LogP contribution in [0.3, 0.4) is 0 Å². The summed E-state index contributed by atoms with van der Waals surface area (Å²) >= 11 is 0. The van der Waals surface area contributed by atoms with Crippen molar-refractivity contribution >= 4 is 5.97 Å². The molecule has 2 unspecified atom stereocenters. The zero-order valence-corrected chi connectivity index (χ0v) is 16.0. The highest BCUT2D eigenvalue weighted by molar-refractivity contribution is 5.74. The van der Waals surface area contributed by atoms with E-state index in [1.165, 1.54) is 5.56 Å². The van der Waals surface area contributed by atoms with E-state index in [-0.39, 0.29) is 6.04 Å². The first-order chi connectivity index (χ1) is 13.6. The summed E-state index contributed by atoms with van der Waals surface area (Å²) in [5, 5.41) is 9.71. The fraction of sp³-hybridized carbons (Fsp3) is 0.250. The predicted octanol–water partition coefficient (Wildman–Crippen LogP) is 4.70. The second kappa shape index (κ2) is 7.95. The van der Waals surface area contributed by atoms with Gasteiger partial charge in [-0.25, -0.2) is 0 Å². The van der Waals surface area contributed by atoms with E-state index in [1.54, 1.807) is 0 Å². The van der Waals surface area contributed by atoms with Gasteiger partial charge in [0.2, 0.25) is 0 Å². The maximum absolute atomic E-state index is 11.8. The number of pyridine rings is 1. The van der Waals surface area contributed by atoms with Crippen LogP contribution in [0.25, 0.3) is 11.1 Å². The molecule has 142 valence electrons. The number of hydrogen-bond acceptors (Lipinski definition) is 3. The SMILES string of the molecule is Cc1cccc(C(c2ccc(-c3ccccc3)cc2)N2CCCC2C(=O)O)n1. The Balaban J connectivity index is 1.74. The molecule has 1 saturated heterocycles. The summed E-state index contributed by atoms with van der Waals surface area (Å²) in [6.45, 7) is 2.73. The zero-order chi connectivity index (χ0) is 19.5. The van der Waals surface area contributed by atoms with Gasteiger partial charge >= 0.3 is 5.97 Å². The standard InChI is InChI=1S/C24H24N2O2/c1-17-7-5-10-21(25-17)23(26-16-6-11-22(26)24(27)28)20-14-12-19(13-15-20)18-8-3-2-4-9-18/h2-5,7-10,12-15,22-23H,6,11,16H2,1H3,(H,27,28). The van der Waals surface area contributed by atoms with Crippen LogP contribution < -0.4 is 0 Å². The van der Waals surface area contributed by atoms with Crippen molar-refractivity contribution in [2.45, 2.75) is 31.8 Å². The van der Waals surface area contributed by atoms with Gasteiger partial charge in [0.25, 0.3) is 0 Å². The monoisotopic (exact) mass is 372 g/mol. The minimum Gasteiger partial charge on any atom is -0.480 e. The number of aryl methyl sites for hydroxylation is 1. The van der Waals surface area contributed by atoms with Crippen molar-refractivity contribution < 1.29 is 9.90 Å². The molecule has 3 aromatic rings. The molecule has 4 heteroatoms. The van der Waals surface area contributed by atoms with Gasteiger partial charge in [-0.3, -0.25) is 14.7 Å². The number of aliphatic carboxylic acids is 1. The number of carboxylic acid groups (broad SMARTS) is 1. The predicted molar refractivity (Wildman–Crippen MR) is 110 cm³/mol. The number of nitrogens with zero attached hydrogens (tertiary/aromatic N) is 2. The quantitative estimate of drug-likeness (QED) is 0.706. The molecule has 1 aliphatic heterocycles. The number of hydrogen-bond donors (Lipinski definition) is 1. The van der Waals surface area contributed by atoms with Crippen LogP contribution in [0.15, 0.2) is 72.8 Å². The highest BCUT2D eigenvalue weighted by Crippen LogP contribution is 2.35. The van der Waals surface area contributed by atoms with Crippen LogP contribution >= 0.6 is 0 Å². The molecule has 0 spiro atoms. The molecule has 0 aliphatic carbocycles. The first kappa shape index (κ1) is 18.4. The van der Waals surface area contributed by atoms with E-state index in [0.29, 0.717) is 6.42 Å². The Morgan fingerprint density at radius 3 is 2.39 bits per heavy atom. The molecule has 1 aliphatic rings. The lowest BCUT2D eigenvalue weighted by atomic mass is 9.97. The largest absolute Gasteiger partial charge is 0.480 e. The average molecular weight is 372 g/mol. The van der Waals surface area contributed by atoms with Gasteiger partial charge in [-0.2, -0.15) is 0 Å². The van der Waals surface area contributed by atoms with E-state index in [1.807, 2.05) is 43.3 Å². The lowest BCUT2D eigenvalue weighted by Gasteiger charge is -2.31. The van der Waals surface area contributed by atoms with Crippen molar-refractivity contribution in [2.75, 3.05) is 6.54 Å². The smallest absolute Gasteiger partial charge is 0.320 e. The average Bonchev–Trinajstić information content (AvgIpc) is 3.19. The van der Waals surface area contributed by atoms with E-state index in [2.05, 4.69) is 41.3 Å². The number of likely N-dealkylation sites (tertiary alicyclic amines) is 1. The molecule has 1 aromatic heterocycles. The number of aromatic nitrogens is 1. The van der Waals surface area contributed by atoms with Gasteiger partial charge in [0.15, 0.2) is 0 Å². The molecule has 0 bridgehead atoms. The molecular weight excluding hydrogens is 348 g/mol. The first-order valence-electron chi connectivity index (χ1n) is 9.71. The molecular formula is C24H24N2O2. The normalized spacial score (nSPS) is 18.1. The fourth-order valence-electron chi connectivity index (χ4n) is 4.10. The van der Waals surface area contributed by atoms with E-state index in [9.17, 15) is 9.90 Å². The molecule has 2 heterocycles. The Morgan fingerprint density at radius 1 is 1.00 bits per heavy atom. The second-order valence-electron chi connectivity index (χ2n) is 7.33. The van der Waals surface area contributed by atoms with Crippen LogP contribution in [0, 0.1) is 6.92 Å². The Hall–Kier alpha value is -2.98. The van der Waals surface area contributed by atoms with Gasteiger partial charge in [-0.1, -0.05) is 60.7 Å². The molecule has 0 amide bonds. The van der Waals surface area contributed by atoms with Crippen LogP contribution in [0.4, 0.5) is 0 Å². The molecule has 4 nitrogen and oxygen atoms in total. The summed E-state index contributed by atoms with van der Waals surface area (Å²) in [6, 6.07) is 24.0. The highest BCUT2D eigenvalue weighted by Gasteiger charge is 2.37. The number of benzene rings is 2. The molecule has 2 atom stereocenters. The Morgan fingerprint density at radius 2 is 1.71 bits per heavy atom. The summed E-state index contributed by atoms with van der Waals surface area (Å²) in [5.41, 5.74) is 5.24. The van der Waals surface area contributed by atoms with Gasteiger partial charge < -0.3 is 5.11 Å². The van der Waals surface area contributed by atoms with Crippen molar-refractivity contribution in [2.24, 2.45) is 0 Å². The third-order valence-electron chi connectivity index (χ3n) is 5.43. The third kappa shape index (κ3) is 3.69. The zero-order valence-electron chi connectivity index (χ0n) is 16.0. The van der Waals surface area contributed by atoms with Crippen LogP contribution in [-0.2, 0) is 4.79 Å². The first-order valence-corrected chi connectivity index (χ1v) is 9.71. The minimum atomic E-state index is -0.754. The molecule has 1 N–H and O–H groups in total. The minimum absolute atomic E-state index is 0.159. The fourth-order valence-corrected chi connectivity index (χ4v) is 4.10. The molecule has 0 radical (unpaired) electrons. The number of carboxylic acids is 1. The highest BCUT2D eigenvalue weighted by atomic mass is 16.4. The molecule has 4 rings (SSSR count). The van der Waals surface area contributed by atoms with Crippen LogP contribution in [0.5, 0.6) is 0 Å². The van der Waals surface area contributed by atoms with E-state index in [4.69, 9.17) is 4.98 Å². The van der Waals surface area contributed by atoms with Gasteiger partial charge in [0.05, 0.1) is 11.7 Å². The lowest BCUT2D eigenvalue weighted by Crippen LogP contribution is -2.39. The van der Waals surface area contributed by atoms with Crippen molar-refractivity contribution in [1.82, 2.24) is 9.88 Å². The van der Waals surface area contributed by atoms with Crippen LogP contribution in [0.1, 0.15) is 35.8 Å². The molecule has 28 heavy (non-hydrogen) atoms. The van der Waals surface area contributed by atoms with Gasteiger partial charge in [0, 0.05) is 12.2 Å². The third-order valence-corrected chi connectivity index (χ3v) is 5.43. The maximum atomic E-state index is 11.8. The van der Waals surface area contributed by atoms with Crippen molar-refractivity contribution in [3.8, 4) is 11.1 Å². The lowest BCUT2D eigenvalue weighted by molar-refractivity contribution is -0.142.